The number of hydrogen-bond donors (Lipinski definition) is 0. The van der Waals surface area contributed by atoms with Crippen LogP contribution in [0.5, 0.6) is 0 Å². The van der Waals surface area contributed by atoms with Crippen molar-refractivity contribution >= 4 is 11.8 Å². The monoisotopic (exact) mass is 359 g/mol. The van der Waals surface area contributed by atoms with Gasteiger partial charge in [0, 0.05) is 19.1 Å². The van der Waals surface area contributed by atoms with Crippen LogP contribution < -0.4 is 4.90 Å². The van der Waals surface area contributed by atoms with Gasteiger partial charge in [0.15, 0.2) is 5.82 Å². The zero-order chi connectivity index (χ0) is 19.5. The largest absolute Gasteiger partial charge is 0.459 e. The van der Waals surface area contributed by atoms with Crippen LogP contribution >= 0.6 is 0 Å². The number of rotatable bonds is 4. The third-order valence-electron chi connectivity index (χ3n) is 4.73. The first-order valence-corrected chi connectivity index (χ1v) is 9.03. The Labute approximate surface area is 155 Å². The van der Waals surface area contributed by atoms with E-state index in [1.54, 1.807) is 0 Å². The van der Waals surface area contributed by atoms with Crippen molar-refractivity contribution in [1.82, 2.24) is 15.1 Å². The Kier molecular flexibility index (Phi) is 6.19. The van der Waals surface area contributed by atoms with Crippen LogP contribution in [0.3, 0.4) is 0 Å². The molecular formula is C19H29N5O2. The molecule has 0 unspecified atom stereocenters. The molecule has 0 N–H and O–H groups in total. The number of ether oxygens (including phenoxy) is 1. The Balaban J connectivity index is 1.96. The molecule has 0 atom stereocenters. The summed E-state index contributed by atoms with van der Waals surface area (Å²) < 4.78 is 5.40. The molecule has 1 aliphatic rings. The first-order chi connectivity index (χ1) is 12.1. The number of piperidine rings is 1. The standard InChI is InChI=1S/C19H29N5O2/c1-13-14(2)21-22-18(16(13)11-20)24-9-7-15(8-10-24)23(6)12-17(25)26-19(3,4)5/h15H,7-10,12H2,1-6H3. The number of carbonyl (C=O) groups is 1. The minimum absolute atomic E-state index is 0.200. The Morgan fingerprint density at radius 3 is 2.46 bits per heavy atom. The van der Waals surface area contributed by atoms with Crippen molar-refractivity contribution in [2.24, 2.45) is 0 Å². The van der Waals surface area contributed by atoms with Crippen molar-refractivity contribution < 1.29 is 9.53 Å². The average molecular weight is 359 g/mol. The molecule has 2 rings (SSSR count). The highest BCUT2D eigenvalue weighted by Gasteiger charge is 2.27. The van der Waals surface area contributed by atoms with Gasteiger partial charge in [0.25, 0.3) is 0 Å². The Morgan fingerprint density at radius 1 is 1.31 bits per heavy atom. The molecule has 1 aliphatic heterocycles. The Bertz CT molecular complexity index is 697. The third kappa shape index (κ3) is 4.92. The Morgan fingerprint density at radius 2 is 1.92 bits per heavy atom. The minimum Gasteiger partial charge on any atom is -0.459 e. The fourth-order valence-electron chi connectivity index (χ4n) is 3.18. The van der Waals surface area contributed by atoms with Gasteiger partial charge in [-0.2, -0.15) is 10.4 Å². The molecule has 0 amide bonds. The van der Waals surface area contributed by atoms with Gasteiger partial charge in [0.1, 0.15) is 17.2 Å². The molecule has 7 nitrogen and oxygen atoms in total. The number of esters is 1. The van der Waals surface area contributed by atoms with Gasteiger partial charge in [-0.25, -0.2) is 0 Å². The number of nitrogens with zero attached hydrogens (tertiary/aromatic N) is 5. The van der Waals surface area contributed by atoms with E-state index in [0.29, 0.717) is 17.4 Å². The van der Waals surface area contributed by atoms with Crippen molar-refractivity contribution in [2.75, 3.05) is 31.6 Å². The zero-order valence-corrected chi connectivity index (χ0v) is 16.7. The summed E-state index contributed by atoms with van der Waals surface area (Å²) in [7, 11) is 1.96. The summed E-state index contributed by atoms with van der Waals surface area (Å²) in [5.41, 5.74) is 1.83. The second-order valence-corrected chi connectivity index (χ2v) is 7.94. The quantitative estimate of drug-likeness (QED) is 0.762. The van der Waals surface area contributed by atoms with Crippen LogP contribution in [0.1, 0.15) is 50.4 Å². The molecule has 26 heavy (non-hydrogen) atoms. The van der Waals surface area contributed by atoms with Gasteiger partial charge in [-0.3, -0.25) is 9.69 Å². The van der Waals surface area contributed by atoms with Crippen molar-refractivity contribution in [3.8, 4) is 6.07 Å². The van der Waals surface area contributed by atoms with Gasteiger partial charge in [0.2, 0.25) is 0 Å². The molecule has 0 spiro atoms. The summed E-state index contributed by atoms with van der Waals surface area (Å²) >= 11 is 0. The second-order valence-electron chi connectivity index (χ2n) is 7.94. The van der Waals surface area contributed by atoms with Crippen molar-refractivity contribution in [1.29, 1.82) is 5.26 Å². The number of carbonyl (C=O) groups excluding carboxylic acids is 1. The molecule has 1 aromatic heterocycles. The van der Waals surface area contributed by atoms with Crippen LogP contribution in [0.15, 0.2) is 0 Å². The number of anilines is 1. The maximum absolute atomic E-state index is 12.0. The molecular weight excluding hydrogens is 330 g/mol. The molecule has 142 valence electrons. The van der Waals surface area contributed by atoms with Crippen LogP contribution in [-0.4, -0.2) is 59.4 Å². The maximum Gasteiger partial charge on any atom is 0.320 e. The van der Waals surface area contributed by atoms with Gasteiger partial charge >= 0.3 is 5.97 Å². The number of aromatic nitrogens is 2. The molecule has 7 heteroatoms. The molecule has 0 saturated carbocycles. The SMILES string of the molecule is Cc1nnc(N2CCC(N(C)CC(=O)OC(C)(C)C)CC2)c(C#N)c1C. The summed E-state index contributed by atoms with van der Waals surface area (Å²) in [4.78, 5) is 16.2. The van der Waals surface area contributed by atoms with E-state index in [1.165, 1.54) is 0 Å². The van der Waals surface area contributed by atoms with Crippen molar-refractivity contribution in [3.63, 3.8) is 0 Å². The fraction of sp³-hybridized carbons (Fsp3) is 0.684. The van der Waals surface area contributed by atoms with Crippen LogP contribution in [0.25, 0.3) is 0 Å². The predicted octanol–water partition coefficient (Wildman–Crippen LogP) is 2.21. The predicted molar refractivity (Wildman–Crippen MR) is 99.9 cm³/mol. The zero-order valence-electron chi connectivity index (χ0n) is 16.7. The fourth-order valence-corrected chi connectivity index (χ4v) is 3.18. The molecule has 0 aromatic carbocycles. The highest BCUT2D eigenvalue weighted by Crippen LogP contribution is 2.25. The summed E-state index contributed by atoms with van der Waals surface area (Å²) in [5, 5.41) is 17.9. The Hall–Kier alpha value is -2.20. The molecule has 0 aliphatic carbocycles. The van der Waals surface area contributed by atoms with Gasteiger partial charge in [-0.05, 0) is 60.1 Å². The summed E-state index contributed by atoms with van der Waals surface area (Å²) in [6.07, 6.45) is 1.80. The summed E-state index contributed by atoms with van der Waals surface area (Å²) in [5.74, 6) is 0.470. The van der Waals surface area contributed by atoms with Gasteiger partial charge < -0.3 is 9.64 Å². The molecule has 1 aromatic rings. The maximum atomic E-state index is 12.0. The van der Waals surface area contributed by atoms with E-state index in [2.05, 4.69) is 26.1 Å². The van der Waals surface area contributed by atoms with E-state index < -0.39 is 5.60 Å². The number of aryl methyl sites for hydroxylation is 1. The van der Waals surface area contributed by atoms with E-state index in [4.69, 9.17) is 4.74 Å². The van der Waals surface area contributed by atoms with Crippen LogP contribution in [0.4, 0.5) is 5.82 Å². The molecule has 0 radical (unpaired) electrons. The lowest BCUT2D eigenvalue weighted by Gasteiger charge is -2.37. The molecule has 1 fully saturated rings. The van der Waals surface area contributed by atoms with Gasteiger partial charge in [-0.1, -0.05) is 0 Å². The lowest BCUT2D eigenvalue weighted by molar-refractivity contribution is -0.156. The highest BCUT2D eigenvalue weighted by molar-refractivity contribution is 5.72. The van der Waals surface area contributed by atoms with Gasteiger partial charge in [-0.15, -0.1) is 5.10 Å². The first-order valence-electron chi connectivity index (χ1n) is 9.03. The van der Waals surface area contributed by atoms with E-state index in [9.17, 15) is 10.1 Å². The number of likely N-dealkylation sites (N-methyl/N-ethyl adjacent to an activating group) is 1. The van der Waals surface area contributed by atoms with Crippen molar-refractivity contribution in [2.45, 2.75) is 59.1 Å². The number of nitriles is 1. The van der Waals surface area contributed by atoms with Crippen molar-refractivity contribution in [3.05, 3.63) is 16.8 Å². The van der Waals surface area contributed by atoms with E-state index >= 15 is 0 Å². The highest BCUT2D eigenvalue weighted by atomic mass is 16.6. The lowest BCUT2D eigenvalue weighted by Crippen LogP contribution is -2.46. The lowest BCUT2D eigenvalue weighted by atomic mass is 10.0. The van der Waals surface area contributed by atoms with E-state index in [1.807, 2.05) is 41.7 Å². The minimum atomic E-state index is -0.461. The summed E-state index contributed by atoms with van der Waals surface area (Å²) in [6, 6.07) is 2.58. The van der Waals surface area contributed by atoms with E-state index in [0.717, 1.165) is 37.2 Å². The van der Waals surface area contributed by atoms with Crippen LogP contribution in [0, 0.1) is 25.2 Å². The number of hydrogen-bond acceptors (Lipinski definition) is 7. The van der Waals surface area contributed by atoms with Gasteiger partial charge in [0.05, 0.1) is 12.2 Å². The average Bonchev–Trinajstić information content (AvgIpc) is 2.55. The second kappa shape index (κ2) is 8.00. The molecule has 0 bridgehead atoms. The summed E-state index contributed by atoms with van der Waals surface area (Å²) in [6.45, 7) is 11.3. The third-order valence-corrected chi connectivity index (χ3v) is 4.73. The van der Waals surface area contributed by atoms with Crippen LogP contribution in [0.2, 0.25) is 0 Å². The first kappa shape index (κ1) is 20.1. The normalized spacial score (nSPS) is 15.8. The van der Waals surface area contributed by atoms with E-state index in [-0.39, 0.29) is 12.5 Å². The molecule has 1 saturated heterocycles. The topological polar surface area (TPSA) is 82.3 Å². The smallest absolute Gasteiger partial charge is 0.320 e. The van der Waals surface area contributed by atoms with Crippen LogP contribution in [-0.2, 0) is 9.53 Å². The molecule has 2 heterocycles.